The minimum Gasteiger partial charge on any atom is -0.497 e. The first kappa shape index (κ1) is 26.0. The summed E-state index contributed by atoms with van der Waals surface area (Å²) in [4.78, 5) is 18.5. The lowest BCUT2D eigenvalue weighted by atomic mass is 10.0. The molecule has 192 valence electrons. The molecular formula is C25H23ClN4O6S. The molecule has 2 heterocycles. The SMILES string of the molecule is CCC(=O)N(c1ccc(S(=O)(=O)Nc2ccon2)cn1)c1ccc(-c2cc(Cl)cc(OC)c2)cc1OC. The van der Waals surface area contributed by atoms with Crippen molar-refractivity contribution < 1.29 is 27.2 Å². The summed E-state index contributed by atoms with van der Waals surface area (Å²) >= 11 is 6.23. The number of ether oxygens (including phenoxy) is 2. The highest BCUT2D eigenvalue weighted by Gasteiger charge is 2.24. The fourth-order valence-electron chi connectivity index (χ4n) is 3.56. The Kier molecular flexibility index (Phi) is 7.65. The molecule has 10 nitrogen and oxygen atoms in total. The number of hydrogen-bond donors (Lipinski definition) is 1. The Morgan fingerprint density at radius 3 is 2.49 bits per heavy atom. The van der Waals surface area contributed by atoms with E-state index in [1.54, 1.807) is 38.3 Å². The number of carbonyl (C=O) groups excluding carboxylic acids is 1. The van der Waals surface area contributed by atoms with Gasteiger partial charge in [-0.25, -0.2) is 13.4 Å². The van der Waals surface area contributed by atoms with Gasteiger partial charge in [0.15, 0.2) is 5.82 Å². The van der Waals surface area contributed by atoms with Crippen molar-refractivity contribution >= 4 is 44.9 Å². The summed E-state index contributed by atoms with van der Waals surface area (Å²) < 4.78 is 43.1. The predicted octanol–water partition coefficient (Wildman–Crippen LogP) is 5.28. The third kappa shape index (κ3) is 5.68. The first-order valence-corrected chi connectivity index (χ1v) is 12.9. The van der Waals surface area contributed by atoms with Crippen LogP contribution < -0.4 is 19.1 Å². The Morgan fingerprint density at radius 2 is 1.86 bits per heavy atom. The van der Waals surface area contributed by atoms with Gasteiger partial charge in [-0.05, 0) is 53.6 Å². The number of hydrogen-bond acceptors (Lipinski definition) is 8. The summed E-state index contributed by atoms with van der Waals surface area (Å²) in [6.07, 6.45) is 2.58. The summed E-state index contributed by atoms with van der Waals surface area (Å²) in [5.74, 6) is 1.01. The molecule has 0 radical (unpaired) electrons. The van der Waals surface area contributed by atoms with Crippen LogP contribution in [0.3, 0.4) is 0 Å². The lowest BCUT2D eigenvalue weighted by molar-refractivity contribution is -0.117. The van der Waals surface area contributed by atoms with Gasteiger partial charge in [0, 0.05) is 23.7 Å². The molecule has 0 spiro atoms. The highest BCUT2D eigenvalue weighted by Crippen LogP contribution is 2.38. The second-order valence-electron chi connectivity index (χ2n) is 7.69. The number of amides is 1. The Hall–Kier alpha value is -4.09. The van der Waals surface area contributed by atoms with Crippen molar-refractivity contribution in [3.8, 4) is 22.6 Å². The van der Waals surface area contributed by atoms with E-state index in [9.17, 15) is 13.2 Å². The average molecular weight is 543 g/mol. The van der Waals surface area contributed by atoms with E-state index in [2.05, 4.69) is 19.4 Å². The van der Waals surface area contributed by atoms with Gasteiger partial charge in [-0.1, -0.05) is 29.7 Å². The van der Waals surface area contributed by atoms with E-state index in [4.69, 9.17) is 21.1 Å². The van der Waals surface area contributed by atoms with Crippen LogP contribution in [0, 0.1) is 0 Å². The molecule has 37 heavy (non-hydrogen) atoms. The van der Waals surface area contributed by atoms with Gasteiger partial charge in [-0.3, -0.25) is 14.4 Å². The fourth-order valence-corrected chi connectivity index (χ4v) is 4.72. The number of rotatable bonds is 9. The molecule has 2 aromatic carbocycles. The van der Waals surface area contributed by atoms with E-state index in [1.807, 2.05) is 12.1 Å². The van der Waals surface area contributed by atoms with Crippen LogP contribution in [-0.2, 0) is 14.8 Å². The molecule has 0 aliphatic carbocycles. The van der Waals surface area contributed by atoms with Gasteiger partial charge in [0.2, 0.25) is 5.91 Å². The minimum absolute atomic E-state index is 0.0361. The third-order valence-electron chi connectivity index (χ3n) is 5.35. The zero-order chi connectivity index (χ0) is 26.6. The topological polar surface area (TPSA) is 124 Å². The average Bonchev–Trinajstić information content (AvgIpc) is 3.41. The van der Waals surface area contributed by atoms with Gasteiger partial charge in [-0.15, -0.1) is 0 Å². The lowest BCUT2D eigenvalue weighted by Crippen LogP contribution is -2.26. The number of methoxy groups -OCH3 is 2. The summed E-state index contributed by atoms with van der Waals surface area (Å²) in [6, 6.07) is 14.8. The molecule has 0 saturated carbocycles. The standard InChI is InChI=1S/C25H23ClN4O6S/c1-4-25(31)30(24-8-6-20(15-27-24)37(32,33)29-23-9-10-36-28-23)21-7-5-16(13-22(21)35-3)17-11-18(26)14-19(12-17)34-2/h5-15H,4H2,1-3H3,(H,28,29). The first-order chi connectivity index (χ1) is 17.7. The highest BCUT2D eigenvalue weighted by atomic mass is 35.5. The molecule has 0 unspecified atom stereocenters. The number of anilines is 3. The van der Waals surface area contributed by atoms with E-state index >= 15 is 0 Å². The van der Waals surface area contributed by atoms with Gasteiger partial charge in [0.1, 0.15) is 28.5 Å². The second kappa shape index (κ2) is 10.9. The van der Waals surface area contributed by atoms with Crippen molar-refractivity contribution in [1.82, 2.24) is 10.1 Å². The molecule has 0 atom stereocenters. The number of halogens is 1. The van der Waals surface area contributed by atoms with Crippen LogP contribution in [0.1, 0.15) is 13.3 Å². The number of nitrogens with one attached hydrogen (secondary N) is 1. The van der Waals surface area contributed by atoms with Crippen molar-refractivity contribution in [2.24, 2.45) is 0 Å². The quantitative estimate of drug-likeness (QED) is 0.303. The molecule has 0 bridgehead atoms. The lowest BCUT2D eigenvalue weighted by Gasteiger charge is -2.24. The maximum atomic E-state index is 13.0. The Morgan fingerprint density at radius 1 is 1.05 bits per heavy atom. The minimum atomic E-state index is -3.96. The molecule has 0 saturated heterocycles. The Bertz CT molecular complexity index is 1510. The molecular weight excluding hydrogens is 520 g/mol. The van der Waals surface area contributed by atoms with Crippen molar-refractivity contribution in [2.75, 3.05) is 23.8 Å². The van der Waals surface area contributed by atoms with Gasteiger partial charge in [0.25, 0.3) is 10.0 Å². The fraction of sp³-hybridized carbons (Fsp3) is 0.160. The Labute approximate surface area is 218 Å². The zero-order valence-electron chi connectivity index (χ0n) is 20.1. The van der Waals surface area contributed by atoms with E-state index in [0.717, 1.165) is 17.3 Å². The van der Waals surface area contributed by atoms with Crippen molar-refractivity contribution in [3.63, 3.8) is 0 Å². The molecule has 2 aromatic heterocycles. The van der Waals surface area contributed by atoms with Gasteiger partial charge < -0.3 is 14.0 Å². The molecule has 4 aromatic rings. The van der Waals surface area contributed by atoms with E-state index < -0.39 is 10.0 Å². The molecule has 1 N–H and O–H groups in total. The number of sulfonamides is 1. The maximum absolute atomic E-state index is 13.0. The van der Waals surface area contributed by atoms with Crippen molar-refractivity contribution in [1.29, 1.82) is 0 Å². The highest BCUT2D eigenvalue weighted by molar-refractivity contribution is 7.92. The number of nitrogens with zero attached hydrogens (tertiary/aromatic N) is 3. The van der Waals surface area contributed by atoms with E-state index in [1.165, 1.54) is 36.5 Å². The predicted molar refractivity (Wildman–Crippen MR) is 139 cm³/mol. The summed E-state index contributed by atoms with van der Waals surface area (Å²) in [5.41, 5.74) is 2.03. The van der Waals surface area contributed by atoms with Crippen LogP contribution in [0.2, 0.25) is 5.02 Å². The zero-order valence-corrected chi connectivity index (χ0v) is 21.7. The van der Waals surface area contributed by atoms with Gasteiger partial charge in [-0.2, -0.15) is 0 Å². The number of benzene rings is 2. The molecule has 0 aliphatic heterocycles. The van der Waals surface area contributed by atoms with Crippen LogP contribution in [0.15, 0.2) is 76.5 Å². The number of pyridine rings is 1. The largest absolute Gasteiger partial charge is 0.497 e. The van der Waals surface area contributed by atoms with Gasteiger partial charge in [0.05, 0.1) is 19.9 Å². The molecule has 4 rings (SSSR count). The van der Waals surface area contributed by atoms with E-state index in [0.29, 0.717) is 22.2 Å². The van der Waals surface area contributed by atoms with Crippen LogP contribution in [-0.4, -0.2) is 38.7 Å². The molecule has 0 aliphatic rings. The first-order valence-electron chi connectivity index (χ1n) is 11.0. The normalized spacial score (nSPS) is 11.1. The van der Waals surface area contributed by atoms with Crippen LogP contribution in [0.25, 0.3) is 11.1 Å². The molecule has 1 amide bonds. The Balaban J connectivity index is 1.71. The van der Waals surface area contributed by atoms with Crippen molar-refractivity contribution in [3.05, 3.63) is 72.1 Å². The molecule has 12 heteroatoms. The summed E-state index contributed by atoms with van der Waals surface area (Å²) in [5, 5.41) is 4.05. The summed E-state index contributed by atoms with van der Waals surface area (Å²) in [7, 11) is -0.907. The smallest absolute Gasteiger partial charge is 0.264 e. The van der Waals surface area contributed by atoms with Gasteiger partial charge >= 0.3 is 0 Å². The van der Waals surface area contributed by atoms with Crippen LogP contribution in [0.4, 0.5) is 17.3 Å². The number of aromatic nitrogens is 2. The second-order valence-corrected chi connectivity index (χ2v) is 9.81. The molecule has 0 fully saturated rings. The van der Waals surface area contributed by atoms with Crippen LogP contribution >= 0.6 is 11.6 Å². The third-order valence-corrected chi connectivity index (χ3v) is 6.91. The monoisotopic (exact) mass is 542 g/mol. The van der Waals surface area contributed by atoms with Crippen LogP contribution in [0.5, 0.6) is 11.5 Å². The number of carbonyl (C=O) groups is 1. The maximum Gasteiger partial charge on any atom is 0.264 e. The van der Waals surface area contributed by atoms with E-state index in [-0.39, 0.29) is 28.9 Å². The summed E-state index contributed by atoms with van der Waals surface area (Å²) in [6.45, 7) is 1.72. The van der Waals surface area contributed by atoms with Crippen molar-refractivity contribution in [2.45, 2.75) is 18.2 Å².